The molecule has 0 spiro atoms. The summed E-state index contributed by atoms with van der Waals surface area (Å²) in [6.07, 6.45) is 0. The average Bonchev–Trinajstić information content (AvgIpc) is 2.55. The summed E-state index contributed by atoms with van der Waals surface area (Å²) in [5, 5.41) is 11.8. The monoisotopic (exact) mass is 290 g/mol. The number of hydrogen-bond acceptors (Lipinski definition) is 4. The topological polar surface area (TPSA) is 83.1 Å². The van der Waals surface area contributed by atoms with Crippen LogP contribution in [0.3, 0.4) is 0 Å². The predicted octanol–water partition coefficient (Wildman–Crippen LogP) is 2.92. The molecule has 3 aromatic rings. The third kappa shape index (κ3) is 2.58. The van der Waals surface area contributed by atoms with E-state index in [1.54, 1.807) is 48.5 Å². The van der Waals surface area contributed by atoms with Crippen LogP contribution in [0.2, 0.25) is 0 Å². The van der Waals surface area contributed by atoms with E-state index in [1.165, 1.54) is 6.07 Å². The Morgan fingerprint density at radius 3 is 2.55 bits per heavy atom. The summed E-state index contributed by atoms with van der Waals surface area (Å²) in [5.74, 6) is -0.583. The fourth-order valence-electron chi connectivity index (χ4n) is 2.04. The second kappa shape index (κ2) is 5.54. The first-order chi connectivity index (χ1) is 10.7. The molecule has 0 saturated heterocycles. The molecule has 0 fully saturated rings. The van der Waals surface area contributed by atoms with Crippen molar-refractivity contribution in [2.75, 3.05) is 5.32 Å². The molecule has 1 aromatic heterocycles. The molecule has 5 nitrogen and oxygen atoms in total. The van der Waals surface area contributed by atoms with Gasteiger partial charge >= 0.3 is 0 Å². The molecule has 0 bridgehead atoms. The molecular weight excluding hydrogens is 280 g/mol. The van der Waals surface area contributed by atoms with E-state index in [1.807, 2.05) is 6.07 Å². The van der Waals surface area contributed by atoms with Gasteiger partial charge in [0, 0.05) is 11.8 Å². The van der Waals surface area contributed by atoms with E-state index in [2.05, 4.69) is 5.32 Å². The van der Waals surface area contributed by atoms with Crippen LogP contribution < -0.4 is 10.7 Å². The van der Waals surface area contributed by atoms with Crippen molar-refractivity contribution in [2.24, 2.45) is 0 Å². The van der Waals surface area contributed by atoms with Crippen molar-refractivity contribution in [1.82, 2.24) is 0 Å². The number of nitrogens with zero attached hydrogens (tertiary/aromatic N) is 1. The largest absolute Gasteiger partial charge is 0.451 e. The Hall–Kier alpha value is -3.39. The number of nitrogens with one attached hydrogen (secondary N) is 1. The molecule has 2 aromatic carbocycles. The van der Waals surface area contributed by atoms with Gasteiger partial charge in [0.25, 0.3) is 5.91 Å². The average molecular weight is 290 g/mol. The van der Waals surface area contributed by atoms with Crippen molar-refractivity contribution in [2.45, 2.75) is 0 Å². The second-order valence-corrected chi connectivity index (χ2v) is 4.61. The Balaban J connectivity index is 1.91. The first-order valence-electron chi connectivity index (χ1n) is 6.52. The van der Waals surface area contributed by atoms with Crippen LogP contribution in [0.15, 0.2) is 63.8 Å². The minimum Gasteiger partial charge on any atom is -0.451 e. The number of fused-ring (bicyclic) bond motifs is 1. The molecule has 0 saturated carbocycles. The minimum absolute atomic E-state index is 0.0620. The van der Waals surface area contributed by atoms with Crippen LogP contribution in [0.1, 0.15) is 16.1 Å². The molecular formula is C17H10N2O3. The van der Waals surface area contributed by atoms with Crippen LogP contribution in [0.5, 0.6) is 0 Å². The van der Waals surface area contributed by atoms with Gasteiger partial charge in [0.15, 0.2) is 11.2 Å². The van der Waals surface area contributed by atoms with Gasteiger partial charge in [-0.1, -0.05) is 12.1 Å². The standard InChI is InChI=1S/C17H10N2O3/c18-10-11-5-7-12(8-6-11)19-17(21)16-9-14(20)13-3-1-2-4-15(13)22-16/h1-9H,(H,19,21). The molecule has 5 heteroatoms. The maximum atomic E-state index is 12.2. The highest BCUT2D eigenvalue weighted by Crippen LogP contribution is 2.14. The van der Waals surface area contributed by atoms with E-state index < -0.39 is 5.91 Å². The molecule has 3 rings (SSSR count). The van der Waals surface area contributed by atoms with Crippen molar-refractivity contribution >= 4 is 22.6 Å². The van der Waals surface area contributed by atoms with E-state index >= 15 is 0 Å². The van der Waals surface area contributed by atoms with Crippen LogP contribution in [0, 0.1) is 11.3 Å². The molecule has 1 N–H and O–H groups in total. The van der Waals surface area contributed by atoms with Gasteiger partial charge in [0.1, 0.15) is 5.58 Å². The second-order valence-electron chi connectivity index (χ2n) is 4.61. The lowest BCUT2D eigenvalue weighted by atomic mass is 10.2. The number of benzene rings is 2. The van der Waals surface area contributed by atoms with Crippen molar-refractivity contribution < 1.29 is 9.21 Å². The quantitative estimate of drug-likeness (QED) is 0.786. The van der Waals surface area contributed by atoms with E-state index in [0.717, 1.165) is 0 Å². The highest BCUT2D eigenvalue weighted by atomic mass is 16.3. The number of amides is 1. The first-order valence-corrected chi connectivity index (χ1v) is 6.52. The number of carbonyl (C=O) groups excluding carboxylic acids is 1. The maximum Gasteiger partial charge on any atom is 0.291 e. The van der Waals surface area contributed by atoms with Crippen LogP contribution in [0.25, 0.3) is 11.0 Å². The van der Waals surface area contributed by atoms with Gasteiger partial charge in [-0.2, -0.15) is 5.26 Å². The third-order valence-corrected chi connectivity index (χ3v) is 3.13. The Morgan fingerprint density at radius 2 is 1.82 bits per heavy atom. The maximum absolute atomic E-state index is 12.2. The van der Waals surface area contributed by atoms with Gasteiger partial charge in [0.2, 0.25) is 0 Å². The zero-order valence-electron chi connectivity index (χ0n) is 11.4. The van der Waals surface area contributed by atoms with Crippen molar-refractivity contribution in [1.29, 1.82) is 5.26 Å². The first kappa shape index (κ1) is 13.6. The summed E-state index contributed by atoms with van der Waals surface area (Å²) in [5.41, 5.74) is 1.10. The predicted molar refractivity (Wildman–Crippen MR) is 81.6 cm³/mol. The molecule has 0 aliphatic heterocycles. The van der Waals surface area contributed by atoms with E-state index in [4.69, 9.17) is 9.68 Å². The summed E-state index contributed by atoms with van der Waals surface area (Å²) in [7, 11) is 0. The summed E-state index contributed by atoms with van der Waals surface area (Å²) < 4.78 is 5.46. The van der Waals surface area contributed by atoms with Crippen molar-refractivity contribution in [3.8, 4) is 6.07 Å². The highest BCUT2D eigenvalue weighted by molar-refractivity contribution is 6.02. The summed E-state index contributed by atoms with van der Waals surface area (Å²) in [6, 6.07) is 16.3. The van der Waals surface area contributed by atoms with Gasteiger partial charge in [0.05, 0.1) is 17.0 Å². The molecule has 0 aliphatic carbocycles. The molecule has 22 heavy (non-hydrogen) atoms. The van der Waals surface area contributed by atoms with E-state index in [-0.39, 0.29) is 11.2 Å². The smallest absolute Gasteiger partial charge is 0.291 e. The van der Waals surface area contributed by atoms with Crippen molar-refractivity contribution in [3.63, 3.8) is 0 Å². The van der Waals surface area contributed by atoms with Gasteiger partial charge in [-0.15, -0.1) is 0 Å². The number of anilines is 1. The number of nitriles is 1. The molecule has 1 heterocycles. The summed E-state index contributed by atoms with van der Waals surface area (Å²) in [6.45, 7) is 0. The van der Waals surface area contributed by atoms with Gasteiger partial charge in [-0.3, -0.25) is 9.59 Å². The Bertz CT molecular complexity index is 950. The van der Waals surface area contributed by atoms with E-state index in [9.17, 15) is 9.59 Å². The zero-order chi connectivity index (χ0) is 15.5. The fourth-order valence-corrected chi connectivity index (χ4v) is 2.04. The van der Waals surface area contributed by atoms with Crippen LogP contribution in [-0.2, 0) is 0 Å². The van der Waals surface area contributed by atoms with Crippen LogP contribution in [-0.4, -0.2) is 5.91 Å². The molecule has 1 amide bonds. The van der Waals surface area contributed by atoms with E-state index in [0.29, 0.717) is 22.2 Å². The number of hydrogen-bond donors (Lipinski definition) is 1. The Morgan fingerprint density at radius 1 is 1.09 bits per heavy atom. The number of rotatable bonds is 2. The van der Waals surface area contributed by atoms with Gasteiger partial charge in [-0.25, -0.2) is 0 Å². The SMILES string of the molecule is N#Cc1ccc(NC(=O)c2cc(=O)c3ccccc3o2)cc1. The van der Waals surface area contributed by atoms with Crippen molar-refractivity contribution in [3.05, 3.63) is 76.1 Å². The molecule has 0 aliphatic rings. The lowest BCUT2D eigenvalue weighted by Gasteiger charge is -2.05. The number of para-hydroxylation sites is 1. The zero-order valence-corrected chi connectivity index (χ0v) is 11.4. The fraction of sp³-hybridized carbons (Fsp3) is 0. The lowest BCUT2D eigenvalue weighted by Crippen LogP contribution is -2.14. The van der Waals surface area contributed by atoms with Gasteiger partial charge < -0.3 is 9.73 Å². The third-order valence-electron chi connectivity index (χ3n) is 3.13. The molecule has 0 atom stereocenters. The molecule has 0 radical (unpaired) electrons. The molecule has 0 unspecified atom stereocenters. The summed E-state index contributed by atoms with van der Waals surface area (Å²) in [4.78, 5) is 24.1. The number of carbonyl (C=O) groups is 1. The normalized spacial score (nSPS) is 10.1. The summed E-state index contributed by atoms with van der Waals surface area (Å²) >= 11 is 0. The lowest BCUT2D eigenvalue weighted by molar-refractivity contribution is 0.0997. The van der Waals surface area contributed by atoms with Gasteiger partial charge in [-0.05, 0) is 36.4 Å². The Kier molecular flexibility index (Phi) is 3.42. The Labute approximate surface area is 125 Å². The van der Waals surface area contributed by atoms with Crippen LogP contribution >= 0.6 is 0 Å². The molecule has 106 valence electrons. The minimum atomic E-state index is -0.521. The van der Waals surface area contributed by atoms with Crippen LogP contribution in [0.4, 0.5) is 5.69 Å². The highest BCUT2D eigenvalue weighted by Gasteiger charge is 2.12.